The molecular weight excluding hydrogens is 208 g/mol. The molecule has 0 unspecified atom stereocenters. The summed E-state index contributed by atoms with van der Waals surface area (Å²) in [6, 6.07) is 6.86. The van der Waals surface area contributed by atoms with Crippen LogP contribution >= 0.6 is 0 Å². The molecule has 0 radical (unpaired) electrons. The molecule has 0 aliphatic heterocycles. The summed E-state index contributed by atoms with van der Waals surface area (Å²) in [6.45, 7) is 2.95. The van der Waals surface area contributed by atoms with E-state index in [1.807, 2.05) is 0 Å². The Bertz CT molecular complexity index is 390. The van der Waals surface area contributed by atoms with E-state index in [9.17, 15) is 0 Å². The molecule has 94 valence electrons. The first-order chi connectivity index (χ1) is 8.09. The Hall–Kier alpha value is -1.02. The molecule has 0 amide bonds. The highest BCUT2D eigenvalue weighted by Gasteiger charge is 2.34. The summed E-state index contributed by atoms with van der Waals surface area (Å²) in [5, 5.41) is 0. The Balaban J connectivity index is 2.41. The zero-order valence-electron chi connectivity index (χ0n) is 11.3. The van der Waals surface area contributed by atoms with E-state index in [-0.39, 0.29) is 5.41 Å². The number of anilines is 1. The quantitative estimate of drug-likeness (QED) is 0.868. The standard InChI is InChI=1S/C15H24N2/c1-12-6-7-13(10-14(12)17(2)3)15(11-16)8-4-5-9-15/h6-7,10H,4-5,8-9,11,16H2,1-3H3. The molecule has 2 rings (SSSR count). The molecule has 1 fully saturated rings. The summed E-state index contributed by atoms with van der Waals surface area (Å²) >= 11 is 0. The van der Waals surface area contributed by atoms with Crippen molar-refractivity contribution >= 4 is 5.69 Å². The molecule has 0 aromatic heterocycles. The van der Waals surface area contributed by atoms with Crippen molar-refractivity contribution in [2.75, 3.05) is 25.5 Å². The molecule has 0 atom stereocenters. The average Bonchev–Trinajstić information content (AvgIpc) is 2.79. The predicted octanol–water partition coefficient (Wildman–Crippen LogP) is 2.83. The molecule has 0 heterocycles. The Kier molecular flexibility index (Phi) is 3.43. The number of hydrogen-bond acceptors (Lipinski definition) is 2. The van der Waals surface area contributed by atoms with E-state index >= 15 is 0 Å². The minimum absolute atomic E-state index is 0.248. The molecule has 1 aliphatic rings. The summed E-state index contributed by atoms with van der Waals surface area (Å²) in [6.07, 6.45) is 5.14. The molecule has 2 heteroatoms. The van der Waals surface area contributed by atoms with Crippen LogP contribution in [0.3, 0.4) is 0 Å². The summed E-state index contributed by atoms with van der Waals surface area (Å²) in [7, 11) is 4.21. The van der Waals surface area contributed by atoms with E-state index in [4.69, 9.17) is 5.73 Å². The predicted molar refractivity (Wildman–Crippen MR) is 74.7 cm³/mol. The lowest BCUT2D eigenvalue weighted by Gasteiger charge is -2.29. The smallest absolute Gasteiger partial charge is 0.0393 e. The molecule has 1 aliphatic carbocycles. The maximum atomic E-state index is 6.05. The van der Waals surface area contributed by atoms with Crippen molar-refractivity contribution < 1.29 is 0 Å². The SMILES string of the molecule is Cc1ccc(C2(CN)CCCC2)cc1N(C)C. The van der Waals surface area contributed by atoms with Crippen LogP contribution in [-0.2, 0) is 5.41 Å². The van der Waals surface area contributed by atoms with Crippen molar-refractivity contribution in [3.05, 3.63) is 29.3 Å². The van der Waals surface area contributed by atoms with Gasteiger partial charge in [0.15, 0.2) is 0 Å². The Morgan fingerprint density at radius 1 is 1.24 bits per heavy atom. The van der Waals surface area contributed by atoms with Gasteiger partial charge in [0.25, 0.3) is 0 Å². The number of benzene rings is 1. The van der Waals surface area contributed by atoms with Gasteiger partial charge in [-0.2, -0.15) is 0 Å². The second-order valence-electron chi connectivity index (χ2n) is 5.59. The fraction of sp³-hybridized carbons (Fsp3) is 0.600. The monoisotopic (exact) mass is 232 g/mol. The first kappa shape index (κ1) is 12.4. The van der Waals surface area contributed by atoms with Crippen LogP contribution in [0.2, 0.25) is 0 Å². The number of nitrogens with zero attached hydrogens (tertiary/aromatic N) is 1. The van der Waals surface area contributed by atoms with E-state index in [1.165, 1.54) is 42.5 Å². The normalized spacial score (nSPS) is 18.4. The van der Waals surface area contributed by atoms with Crippen LogP contribution < -0.4 is 10.6 Å². The lowest BCUT2D eigenvalue weighted by Crippen LogP contribution is -2.32. The summed E-state index contributed by atoms with van der Waals surface area (Å²) in [5.41, 5.74) is 10.4. The summed E-state index contributed by atoms with van der Waals surface area (Å²) < 4.78 is 0. The van der Waals surface area contributed by atoms with Gasteiger partial charge in [0.05, 0.1) is 0 Å². The first-order valence-corrected chi connectivity index (χ1v) is 6.57. The van der Waals surface area contributed by atoms with Crippen molar-refractivity contribution in [2.24, 2.45) is 5.73 Å². The van der Waals surface area contributed by atoms with Gasteiger partial charge in [-0.25, -0.2) is 0 Å². The molecule has 1 aromatic rings. The van der Waals surface area contributed by atoms with Crippen molar-refractivity contribution in [3.63, 3.8) is 0 Å². The fourth-order valence-corrected chi connectivity index (χ4v) is 3.08. The van der Waals surface area contributed by atoms with E-state index in [0.717, 1.165) is 6.54 Å². The zero-order chi connectivity index (χ0) is 12.5. The van der Waals surface area contributed by atoms with Crippen LogP contribution in [0, 0.1) is 6.92 Å². The third-order valence-corrected chi connectivity index (χ3v) is 4.25. The third kappa shape index (κ3) is 2.19. The maximum Gasteiger partial charge on any atom is 0.0393 e. The van der Waals surface area contributed by atoms with Crippen LogP contribution in [-0.4, -0.2) is 20.6 Å². The van der Waals surface area contributed by atoms with Gasteiger partial charge in [0.1, 0.15) is 0 Å². The number of aryl methyl sites for hydroxylation is 1. The molecule has 0 saturated heterocycles. The van der Waals surface area contributed by atoms with Gasteiger partial charge in [-0.15, -0.1) is 0 Å². The van der Waals surface area contributed by atoms with Gasteiger partial charge >= 0.3 is 0 Å². The second-order valence-corrected chi connectivity index (χ2v) is 5.59. The van der Waals surface area contributed by atoms with E-state index < -0.39 is 0 Å². The highest BCUT2D eigenvalue weighted by molar-refractivity contribution is 5.55. The molecule has 0 spiro atoms. The van der Waals surface area contributed by atoms with Gasteiger partial charge in [-0.3, -0.25) is 0 Å². The number of hydrogen-bond donors (Lipinski definition) is 1. The van der Waals surface area contributed by atoms with Gasteiger partial charge < -0.3 is 10.6 Å². The summed E-state index contributed by atoms with van der Waals surface area (Å²) in [4.78, 5) is 2.19. The van der Waals surface area contributed by atoms with Crippen molar-refractivity contribution in [1.29, 1.82) is 0 Å². The molecule has 2 N–H and O–H groups in total. The number of rotatable bonds is 3. The van der Waals surface area contributed by atoms with Gasteiger partial charge in [0.2, 0.25) is 0 Å². The fourth-order valence-electron chi connectivity index (χ4n) is 3.08. The second kappa shape index (κ2) is 4.69. The molecule has 1 aromatic carbocycles. The molecule has 17 heavy (non-hydrogen) atoms. The Morgan fingerprint density at radius 3 is 2.41 bits per heavy atom. The van der Waals surface area contributed by atoms with Crippen molar-refractivity contribution in [3.8, 4) is 0 Å². The van der Waals surface area contributed by atoms with Crippen LogP contribution in [0.5, 0.6) is 0 Å². The number of nitrogens with two attached hydrogens (primary N) is 1. The first-order valence-electron chi connectivity index (χ1n) is 6.57. The highest BCUT2D eigenvalue weighted by atomic mass is 15.1. The van der Waals surface area contributed by atoms with Gasteiger partial charge in [-0.1, -0.05) is 25.0 Å². The molecular formula is C15H24N2. The lowest BCUT2D eigenvalue weighted by atomic mass is 9.78. The van der Waals surface area contributed by atoms with Gasteiger partial charge in [-0.05, 0) is 37.0 Å². The maximum absolute atomic E-state index is 6.05. The zero-order valence-corrected chi connectivity index (χ0v) is 11.3. The van der Waals surface area contributed by atoms with E-state index in [2.05, 4.69) is 44.1 Å². The van der Waals surface area contributed by atoms with E-state index in [1.54, 1.807) is 0 Å². The van der Waals surface area contributed by atoms with Crippen LogP contribution in [0.1, 0.15) is 36.8 Å². The van der Waals surface area contributed by atoms with Crippen LogP contribution in [0.15, 0.2) is 18.2 Å². The summed E-state index contributed by atoms with van der Waals surface area (Å²) in [5.74, 6) is 0. The Labute approximate surface area is 105 Å². The third-order valence-electron chi connectivity index (χ3n) is 4.25. The largest absolute Gasteiger partial charge is 0.377 e. The molecule has 2 nitrogen and oxygen atoms in total. The van der Waals surface area contributed by atoms with Crippen molar-refractivity contribution in [2.45, 2.75) is 38.0 Å². The molecule has 1 saturated carbocycles. The van der Waals surface area contributed by atoms with Crippen molar-refractivity contribution in [1.82, 2.24) is 0 Å². The van der Waals surface area contributed by atoms with E-state index in [0.29, 0.717) is 0 Å². The minimum Gasteiger partial charge on any atom is -0.377 e. The van der Waals surface area contributed by atoms with Crippen LogP contribution in [0.25, 0.3) is 0 Å². The lowest BCUT2D eigenvalue weighted by molar-refractivity contribution is 0.453. The Morgan fingerprint density at radius 2 is 1.88 bits per heavy atom. The highest BCUT2D eigenvalue weighted by Crippen LogP contribution is 2.41. The topological polar surface area (TPSA) is 29.3 Å². The van der Waals surface area contributed by atoms with Crippen LogP contribution in [0.4, 0.5) is 5.69 Å². The van der Waals surface area contributed by atoms with Gasteiger partial charge in [0, 0.05) is 31.7 Å². The average molecular weight is 232 g/mol. The minimum atomic E-state index is 0.248. The molecule has 0 bridgehead atoms.